The molecule has 0 fully saturated rings. The average molecular weight is 1280 g/mol. The Morgan fingerprint density at radius 2 is 0.557 bits per heavy atom. The van der Waals surface area contributed by atoms with Crippen LogP contribution in [-0.2, 0) is 29.4 Å². The predicted molar refractivity (Wildman–Crippen MR) is 395 cm³/mol. The Hall–Kier alpha value is -6.29. The van der Waals surface area contributed by atoms with Gasteiger partial charge in [0.25, 0.3) is 0 Å². The van der Waals surface area contributed by atoms with Gasteiger partial charge >= 0.3 is 0 Å². The molecule has 0 atom stereocenters. The van der Waals surface area contributed by atoms with Crippen molar-refractivity contribution >= 4 is 102 Å². The zero-order valence-corrected chi connectivity index (χ0v) is 59.9. The molecule has 6 heteroatoms. The maximum absolute atomic E-state index is 3.02. The summed E-state index contributed by atoms with van der Waals surface area (Å²) < 4.78 is 0. The molecule has 88 heavy (non-hydrogen) atoms. The molecule has 0 bridgehead atoms. The van der Waals surface area contributed by atoms with Crippen molar-refractivity contribution in [1.82, 2.24) is 0 Å². The standard InChI is InChI=1S/C59H71P2Si2.C23H19Si.Fe/c1-56(2,3)60(57(4,5)6)44-52-53(45-61(58(7,8)9)59(10,11)12)55(63(49-37-25-16-26-38-49,50-39-27-17-28-40-50)51-41-29-18-30-42-51)43-54(52)62(46-31-19-13-20-32-46,47-33-21-14-22-34-47)48-35-23-15-24-36-48;1-4-12-20(13-5-1)24(23-18-10-11-19-23,21-14-6-2-7-15-21)22-16-8-3-9-17-22;/h13-43H,44-45H2,1-12H3;1-19H;/q-1;-5;. The Morgan fingerprint density at radius 3 is 0.807 bits per heavy atom. The van der Waals surface area contributed by atoms with Crippen LogP contribution < -0.4 is 62.2 Å². The number of rotatable bonds is 16. The third kappa shape index (κ3) is 13.3. The molecule has 0 aliphatic carbocycles. The monoisotopic (exact) mass is 1280 g/mol. The minimum atomic E-state index is -3.02. The smallest absolute Gasteiger partial charge is 0.154 e. The summed E-state index contributed by atoms with van der Waals surface area (Å²) in [6.07, 6.45) is 2.16. The van der Waals surface area contributed by atoms with Crippen LogP contribution in [-0.4, -0.2) is 44.8 Å². The number of hydrogen-bond acceptors (Lipinski definition) is 0. The van der Waals surface area contributed by atoms with Crippen LogP contribution in [0.2, 0.25) is 0 Å². The van der Waals surface area contributed by atoms with Crippen LogP contribution in [0, 0.1) is 0 Å². The predicted octanol–water partition coefficient (Wildman–Crippen LogP) is 14.1. The van der Waals surface area contributed by atoms with Crippen molar-refractivity contribution in [3.05, 3.63) is 314 Å². The van der Waals surface area contributed by atoms with E-state index in [-0.39, 0.29) is 37.7 Å². The van der Waals surface area contributed by atoms with Gasteiger partial charge in [-0.25, -0.2) is 6.07 Å². The fourth-order valence-corrected chi connectivity index (χ4v) is 37.3. The van der Waals surface area contributed by atoms with Crippen molar-refractivity contribution in [2.45, 2.75) is 116 Å². The molecule has 0 spiro atoms. The van der Waals surface area contributed by atoms with Crippen molar-refractivity contribution in [2.24, 2.45) is 0 Å². The van der Waals surface area contributed by atoms with Gasteiger partial charge in [-0.2, -0.15) is 15.9 Å². The van der Waals surface area contributed by atoms with Crippen LogP contribution in [0.3, 0.4) is 0 Å². The van der Waals surface area contributed by atoms with Gasteiger partial charge < -0.3 is 29.5 Å². The van der Waals surface area contributed by atoms with Gasteiger partial charge in [0.05, 0.1) is 0 Å². The summed E-state index contributed by atoms with van der Waals surface area (Å²) in [5, 5.41) is 18.1. The van der Waals surface area contributed by atoms with Crippen LogP contribution in [0.15, 0.2) is 303 Å². The summed E-state index contributed by atoms with van der Waals surface area (Å²) in [6, 6.07) is 115. The van der Waals surface area contributed by atoms with Crippen molar-refractivity contribution < 1.29 is 17.1 Å². The molecule has 0 aliphatic heterocycles. The molecule has 0 heterocycles. The molecule has 0 radical (unpaired) electrons. The molecule has 454 valence electrons. The van der Waals surface area contributed by atoms with Crippen LogP contribution in [0.4, 0.5) is 0 Å². The first kappa shape index (κ1) is 66.1. The van der Waals surface area contributed by atoms with E-state index in [0.717, 1.165) is 12.3 Å². The summed E-state index contributed by atoms with van der Waals surface area (Å²) in [7, 11) is -9.35. The molecule has 0 aliphatic rings. The molecule has 0 aromatic heterocycles. The Kier molecular flexibility index (Phi) is 20.9. The molecule has 11 aromatic rings. The van der Waals surface area contributed by atoms with E-state index in [2.05, 4.69) is 386 Å². The third-order valence-corrected chi connectivity index (χ3v) is 40.2. The van der Waals surface area contributed by atoms with Crippen molar-refractivity contribution in [3.63, 3.8) is 0 Å². The molecular formula is C82H90FeP2Si3-6. The molecule has 0 saturated carbocycles. The van der Waals surface area contributed by atoms with E-state index in [1.165, 1.54) is 51.9 Å². The third-order valence-electron chi connectivity index (χ3n) is 17.9. The quantitative estimate of drug-likeness (QED) is 0.0391. The Bertz CT molecular complexity index is 3370. The molecular weight excluding hydrogens is 1190 g/mol. The largest absolute Gasteiger partial charge is 0.748 e. The normalized spacial score (nSPS) is 12.5. The van der Waals surface area contributed by atoms with E-state index in [9.17, 15) is 0 Å². The number of hydrogen-bond donors (Lipinski definition) is 0. The Labute approximate surface area is 545 Å². The summed E-state index contributed by atoms with van der Waals surface area (Å²) in [5.74, 6) is 0. The van der Waals surface area contributed by atoms with E-state index in [1.54, 1.807) is 21.5 Å². The zero-order chi connectivity index (χ0) is 61.5. The first-order valence-electron chi connectivity index (χ1n) is 31.3. The fourth-order valence-electron chi connectivity index (χ4n) is 14.7. The molecule has 11 aromatic carbocycles. The van der Waals surface area contributed by atoms with Crippen LogP contribution in [0.5, 0.6) is 0 Å². The summed E-state index contributed by atoms with van der Waals surface area (Å²) >= 11 is 0. The molecule has 0 amide bonds. The Balaban J connectivity index is 0.000000305. The van der Waals surface area contributed by atoms with Crippen LogP contribution in [0.25, 0.3) is 0 Å². The SMILES string of the molecule is CC(C)(C)P(Cc1c([Si](c2ccccc2)(c2ccccc2)c2ccccc2)cc([Si](c2ccccc2)(c2ccccc2)c2ccccc2)[c-]1CP(C(C)(C)C)C(C)(C)C)C(C)(C)C.[Fe].c1ccc([Si](c2ccccc2)(c2ccccc2)[c-]2[cH-][cH-][cH-][cH-]2)cc1. The second-order valence-corrected chi connectivity index (χ2v) is 46.6. The van der Waals surface area contributed by atoms with Crippen LogP contribution >= 0.6 is 15.8 Å². The minimum absolute atomic E-state index is 0. The molecule has 0 unspecified atom stereocenters. The van der Waals surface area contributed by atoms with Gasteiger partial charge in [0.15, 0.2) is 8.07 Å². The fraction of sp³-hybridized carbons (Fsp3) is 0.220. The van der Waals surface area contributed by atoms with Crippen LogP contribution in [0.1, 0.15) is 94.2 Å². The van der Waals surface area contributed by atoms with Crippen molar-refractivity contribution in [3.8, 4) is 0 Å². The van der Waals surface area contributed by atoms with Gasteiger partial charge in [-0.05, 0) is 50.4 Å². The van der Waals surface area contributed by atoms with E-state index < -0.39 is 40.1 Å². The van der Waals surface area contributed by atoms with Gasteiger partial charge in [0.1, 0.15) is 8.07 Å². The maximum atomic E-state index is 2.88. The second-order valence-electron chi connectivity index (χ2n) is 27.5. The maximum Gasteiger partial charge on any atom is 0.154 e. The van der Waals surface area contributed by atoms with E-state index >= 15 is 0 Å². The first-order valence-corrected chi connectivity index (χ1v) is 40.4. The van der Waals surface area contributed by atoms with Crippen molar-refractivity contribution in [1.29, 1.82) is 0 Å². The molecule has 11 rings (SSSR count). The van der Waals surface area contributed by atoms with E-state index in [0.29, 0.717) is 0 Å². The van der Waals surface area contributed by atoms with Gasteiger partial charge in [0.2, 0.25) is 0 Å². The van der Waals surface area contributed by atoms with E-state index in [4.69, 9.17) is 0 Å². The minimum Gasteiger partial charge on any atom is -0.748 e. The topological polar surface area (TPSA) is 0 Å². The molecule has 0 saturated heterocycles. The van der Waals surface area contributed by atoms with E-state index in [1.807, 2.05) is 0 Å². The molecule has 0 N–H and O–H groups in total. The van der Waals surface area contributed by atoms with Gasteiger partial charge in [0, 0.05) is 17.1 Å². The Morgan fingerprint density at radius 1 is 0.318 bits per heavy atom. The summed E-state index contributed by atoms with van der Waals surface area (Å²) in [5.41, 5.74) is 3.29. The van der Waals surface area contributed by atoms with Gasteiger partial charge in [-0.3, -0.25) is 0 Å². The van der Waals surface area contributed by atoms with Crippen molar-refractivity contribution in [2.75, 3.05) is 0 Å². The van der Waals surface area contributed by atoms with Gasteiger partial charge in [-0.15, -0.1) is 13.5 Å². The molecule has 0 nitrogen and oxygen atoms in total. The average Bonchev–Trinajstić information content (AvgIpc) is 1.48. The second kappa shape index (κ2) is 27.8. The number of benzene rings is 9. The van der Waals surface area contributed by atoms with Gasteiger partial charge in [-0.1, -0.05) is 401 Å². The zero-order valence-electron chi connectivity index (χ0n) is 54.0. The first-order chi connectivity index (χ1) is 41.7. The summed E-state index contributed by atoms with van der Waals surface area (Å²) in [6.45, 7) is 30.3. The summed E-state index contributed by atoms with van der Waals surface area (Å²) in [4.78, 5) is 0.